The third kappa shape index (κ3) is 3.97. The third-order valence-corrected chi connectivity index (χ3v) is 2.95. The summed E-state index contributed by atoms with van der Waals surface area (Å²) in [6.45, 7) is 8.28. The molecule has 0 aliphatic heterocycles. The fourth-order valence-electron chi connectivity index (χ4n) is 1.74. The largest absolute Gasteiger partial charge is 0.389 e. The molecule has 3 nitrogen and oxygen atoms in total. The Morgan fingerprint density at radius 2 is 2.12 bits per heavy atom. The minimum absolute atomic E-state index is 0.434. The zero-order chi connectivity index (χ0) is 12.8. The second-order valence-corrected chi connectivity index (χ2v) is 4.59. The summed E-state index contributed by atoms with van der Waals surface area (Å²) in [7, 11) is 0. The van der Waals surface area contributed by atoms with Crippen molar-refractivity contribution >= 4 is 23.0 Å². The monoisotopic (exact) mass is 251 g/mol. The number of nitrogens with two attached hydrogens (primary N) is 1. The molecule has 0 amide bonds. The maximum absolute atomic E-state index is 5.68. The van der Waals surface area contributed by atoms with Gasteiger partial charge < -0.3 is 10.6 Å². The second-order valence-electron chi connectivity index (χ2n) is 4.15. The summed E-state index contributed by atoms with van der Waals surface area (Å²) in [6.07, 6.45) is 2.36. The molecule has 2 N–H and O–H groups in total. The standard InChI is InChI=1S/C13H21N3S/c1-4-6-7-16(5-2)12-9-11(13(14)17)8-10(3)15-12/h8-9H,4-7H2,1-3H3,(H2,14,17). The van der Waals surface area contributed by atoms with Crippen LogP contribution >= 0.6 is 12.2 Å². The van der Waals surface area contributed by atoms with Crippen LogP contribution < -0.4 is 10.6 Å². The number of hydrogen-bond donors (Lipinski definition) is 1. The molecule has 1 heterocycles. The van der Waals surface area contributed by atoms with Gasteiger partial charge in [-0.2, -0.15) is 0 Å². The number of hydrogen-bond acceptors (Lipinski definition) is 3. The first-order valence-corrected chi connectivity index (χ1v) is 6.52. The van der Waals surface area contributed by atoms with Crippen molar-refractivity contribution in [2.24, 2.45) is 5.73 Å². The molecule has 0 bridgehead atoms. The number of rotatable bonds is 6. The van der Waals surface area contributed by atoms with Crippen LogP contribution in [0.3, 0.4) is 0 Å². The minimum Gasteiger partial charge on any atom is -0.389 e. The van der Waals surface area contributed by atoms with E-state index in [9.17, 15) is 0 Å². The van der Waals surface area contributed by atoms with E-state index in [2.05, 4.69) is 23.7 Å². The average Bonchev–Trinajstić information content (AvgIpc) is 2.29. The summed E-state index contributed by atoms with van der Waals surface area (Å²) in [5.74, 6) is 0.976. The normalized spacial score (nSPS) is 10.3. The summed E-state index contributed by atoms with van der Waals surface area (Å²) in [5, 5.41) is 0. The van der Waals surface area contributed by atoms with Crippen LogP contribution in [0.4, 0.5) is 5.82 Å². The summed E-state index contributed by atoms with van der Waals surface area (Å²) in [4.78, 5) is 7.25. The maximum Gasteiger partial charge on any atom is 0.129 e. The molecule has 0 aromatic carbocycles. The summed E-state index contributed by atoms with van der Waals surface area (Å²) >= 11 is 5.02. The number of anilines is 1. The van der Waals surface area contributed by atoms with Crippen molar-refractivity contribution in [2.75, 3.05) is 18.0 Å². The summed E-state index contributed by atoms with van der Waals surface area (Å²) < 4.78 is 0. The van der Waals surface area contributed by atoms with Crippen molar-refractivity contribution in [2.45, 2.75) is 33.6 Å². The predicted octanol–water partition coefficient (Wildman–Crippen LogP) is 2.65. The molecule has 1 aromatic heterocycles. The van der Waals surface area contributed by atoms with Gasteiger partial charge in [0.25, 0.3) is 0 Å². The van der Waals surface area contributed by atoms with Crippen molar-refractivity contribution in [3.8, 4) is 0 Å². The number of unbranched alkanes of at least 4 members (excludes halogenated alkanes) is 1. The average molecular weight is 251 g/mol. The van der Waals surface area contributed by atoms with Crippen LogP contribution in [0.2, 0.25) is 0 Å². The number of aryl methyl sites for hydroxylation is 1. The lowest BCUT2D eigenvalue weighted by Gasteiger charge is -2.22. The molecule has 1 rings (SSSR count). The molecule has 1 aromatic rings. The lowest BCUT2D eigenvalue weighted by Crippen LogP contribution is -2.25. The highest BCUT2D eigenvalue weighted by Gasteiger charge is 2.08. The van der Waals surface area contributed by atoms with E-state index >= 15 is 0 Å². The van der Waals surface area contributed by atoms with Crippen LogP contribution in [0.1, 0.15) is 37.9 Å². The number of nitrogens with zero attached hydrogens (tertiary/aromatic N) is 2. The van der Waals surface area contributed by atoms with E-state index in [0.717, 1.165) is 30.2 Å². The first kappa shape index (κ1) is 13.9. The first-order valence-electron chi connectivity index (χ1n) is 6.11. The third-order valence-electron chi connectivity index (χ3n) is 2.71. The highest BCUT2D eigenvalue weighted by molar-refractivity contribution is 7.80. The van der Waals surface area contributed by atoms with E-state index in [4.69, 9.17) is 18.0 Å². The first-order chi connectivity index (χ1) is 8.08. The number of aromatic nitrogens is 1. The zero-order valence-corrected chi connectivity index (χ0v) is 11.7. The van der Waals surface area contributed by atoms with E-state index in [-0.39, 0.29) is 0 Å². The molecule has 94 valence electrons. The van der Waals surface area contributed by atoms with Gasteiger partial charge in [0.2, 0.25) is 0 Å². The molecule has 0 fully saturated rings. The highest BCUT2D eigenvalue weighted by atomic mass is 32.1. The SMILES string of the molecule is CCCCN(CC)c1cc(C(N)=S)cc(C)n1. The Labute approximate surface area is 109 Å². The zero-order valence-electron chi connectivity index (χ0n) is 10.9. The van der Waals surface area contributed by atoms with Crippen molar-refractivity contribution < 1.29 is 0 Å². The van der Waals surface area contributed by atoms with Gasteiger partial charge in [0.1, 0.15) is 10.8 Å². The summed E-state index contributed by atoms with van der Waals surface area (Å²) in [5.41, 5.74) is 7.54. The molecule has 0 atom stereocenters. The molecule has 17 heavy (non-hydrogen) atoms. The van der Waals surface area contributed by atoms with Crippen LogP contribution in [0.5, 0.6) is 0 Å². The van der Waals surface area contributed by atoms with E-state index in [1.165, 1.54) is 12.8 Å². The lowest BCUT2D eigenvalue weighted by atomic mass is 10.2. The fourth-order valence-corrected chi connectivity index (χ4v) is 1.86. The van der Waals surface area contributed by atoms with Crippen LogP contribution in [0, 0.1) is 6.92 Å². The topological polar surface area (TPSA) is 42.1 Å². The molecular weight excluding hydrogens is 230 g/mol. The quantitative estimate of drug-likeness (QED) is 0.789. The van der Waals surface area contributed by atoms with E-state index in [1.54, 1.807) is 0 Å². The van der Waals surface area contributed by atoms with Crippen molar-refractivity contribution in [1.29, 1.82) is 0 Å². The molecule has 4 heteroatoms. The van der Waals surface area contributed by atoms with Crippen LogP contribution in [-0.4, -0.2) is 23.1 Å². The van der Waals surface area contributed by atoms with Gasteiger partial charge in [-0.05, 0) is 32.4 Å². The number of pyridine rings is 1. The van der Waals surface area contributed by atoms with Gasteiger partial charge in [0.15, 0.2) is 0 Å². The van der Waals surface area contributed by atoms with Crippen LogP contribution in [0.15, 0.2) is 12.1 Å². The predicted molar refractivity (Wildman–Crippen MR) is 77.7 cm³/mol. The van der Waals surface area contributed by atoms with Gasteiger partial charge in [-0.1, -0.05) is 25.6 Å². The van der Waals surface area contributed by atoms with Gasteiger partial charge in [-0.25, -0.2) is 4.98 Å². The minimum atomic E-state index is 0.434. The molecule has 0 saturated heterocycles. The van der Waals surface area contributed by atoms with Crippen LogP contribution in [-0.2, 0) is 0 Å². The Bertz CT molecular complexity index is 390. The van der Waals surface area contributed by atoms with Gasteiger partial charge in [0, 0.05) is 24.3 Å². The Morgan fingerprint density at radius 1 is 1.41 bits per heavy atom. The van der Waals surface area contributed by atoms with Gasteiger partial charge >= 0.3 is 0 Å². The van der Waals surface area contributed by atoms with E-state index in [1.807, 2.05) is 19.1 Å². The lowest BCUT2D eigenvalue weighted by molar-refractivity contribution is 0.723. The van der Waals surface area contributed by atoms with Crippen LogP contribution in [0.25, 0.3) is 0 Å². The molecular formula is C13H21N3S. The van der Waals surface area contributed by atoms with Crippen molar-refractivity contribution in [3.05, 3.63) is 23.4 Å². The maximum atomic E-state index is 5.68. The fraction of sp³-hybridized carbons (Fsp3) is 0.538. The smallest absolute Gasteiger partial charge is 0.129 e. The van der Waals surface area contributed by atoms with Gasteiger partial charge in [0.05, 0.1) is 0 Å². The van der Waals surface area contributed by atoms with E-state index < -0.39 is 0 Å². The Hall–Kier alpha value is -1.16. The highest BCUT2D eigenvalue weighted by Crippen LogP contribution is 2.15. The molecule has 0 radical (unpaired) electrons. The van der Waals surface area contributed by atoms with E-state index in [0.29, 0.717) is 4.99 Å². The molecule has 0 saturated carbocycles. The summed E-state index contributed by atoms with van der Waals surface area (Å²) in [6, 6.07) is 3.91. The Morgan fingerprint density at radius 3 is 2.65 bits per heavy atom. The molecule has 0 aliphatic rings. The molecule has 0 spiro atoms. The Kier molecular flexibility index (Phi) is 5.35. The second kappa shape index (κ2) is 6.55. The number of thiocarbonyl (C=S) groups is 1. The Balaban J connectivity index is 2.98. The molecule has 0 aliphatic carbocycles. The molecule has 0 unspecified atom stereocenters. The van der Waals surface area contributed by atoms with Gasteiger partial charge in [-0.15, -0.1) is 0 Å². The van der Waals surface area contributed by atoms with Crippen molar-refractivity contribution in [3.63, 3.8) is 0 Å². The van der Waals surface area contributed by atoms with Crippen molar-refractivity contribution in [1.82, 2.24) is 4.98 Å². The van der Waals surface area contributed by atoms with Gasteiger partial charge in [-0.3, -0.25) is 0 Å².